The molecule has 0 spiro atoms. The topological polar surface area (TPSA) is 89.7 Å². The Morgan fingerprint density at radius 3 is 2.55 bits per heavy atom. The van der Waals surface area contributed by atoms with Gasteiger partial charge in [-0.25, -0.2) is 8.42 Å². The molecule has 0 aliphatic rings. The molecule has 20 heavy (non-hydrogen) atoms. The SMILES string of the molecule is CCCN(Cc1ccccc1N)S(=O)(=O)CC(=O)OC. The van der Waals surface area contributed by atoms with Gasteiger partial charge in [0.15, 0.2) is 5.75 Å². The van der Waals surface area contributed by atoms with Crippen molar-refractivity contribution in [3.05, 3.63) is 29.8 Å². The van der Waals surface area contributed by atoms with Crippen LogP contribution in [0.15, 0.2) is 24.3 Å². The number of benzene rings is 1. The molecule has 0 unspecified atom stereocenters. The van der Waals surface area contributed by atoms with Crippen molar-refractivity contribution in [3.8, 4) is 0 Å². The molecule has 0 atom stereocenters. The first kappa shape index (κ1) is 16.5. The Kier molecular flexibility index (Phi) is 5.97. The third kappa shape index (κ3) is 4.50. The lowest BCUT2D eigenvalue weighted by Gasteiger charge is -2.21. The van der Waals surface area contributed by atoms with E-state index in [-0.39, 0.29) is 6.54 Å². The highest BCUT2D eigenvalue weighted by Gasteiger charge is 2.25. The van der Waals surface area contributed by atoms with Crippen LogP contribution >= 0.6 is 0 Å². The molecule has 0 amide bonds. The molecule has 6 nitrogen and oxygen atoms in total. The fourth-order valence-corrected chi connectivity index (χ4v) is 3.13. The van der Waals surface area contributed by atoms with Crippen molar-refractivity contribution >= 4 is 21.7 Å². The highest BCUT2D eigenvalue weighted by atomic mass is 32.2. The van der Waals surface area contributed by atoms with Crippen LogP contribution in [-0.4, -0.2) is 38.1 Å². The number of hydrogen-bond acceptors (Lipinski definition) is 5. The molecule has 0 saturated carbocycles. The number of anilines is 1. The zero-order valence-corrected chi connectivity index (χ0v) is 12.5. The van der Waals surface area contributed by atoms with Gasteiger partial charge in [-0.1, -0.05) is 25.1 Å². The molecule has 0 aromatic heterocycles. The minimum Gasteiger partial charge on any atom is -0.468 e. The minimum absolute atomic E-state index is 0.153. The quantitative estimate of drug-likeness (QED) is 0.599. The summed E-state index contributed by atoms with van der Waals surface area (Å²) in [6.07, 6.45) is 0.646. The van der Waals surface area contributed by atoms with Gasteiger partial charge in [-0.05, 0) is 18.1 Å². The maximum Gasteiger partial charge on any atom is 0.322 e. The molecule has 2 N–H and O–H groups in total. The number of hydrogen-bond donors (Lipinski definition) is 1. The number of carbonyl (C=O) groups is 1. The van der Waals surface area contributed by atoms with Crippen molar-refractivity contribution in [1.29, 1.82) is 0 Å². The maximum atomic E-state index is 12.2. The van der Waals surface area contributed by atoms with Crippen molar-refractivity contribution in [2.75, 3.05) is 25.1 Å². The molecule has 0 aliphatic carbocycles. The second kappa shape index (κ2) is 7.25. The third-order valence-electron chi connectivity index (χ3n) is 2.80. The van der Waals surface area contributed by atoms with Crippen molar-refractivity contribution in [1.82, 2.24) is 4.31 Å². The minimum atomic E-state index is -3.71. The molecular formula is C13H20N2O4S. The van der Waals surface area contributed by atoms with E-state index in [1.165, 1.54) is 4.31 Å². The molecular weight excluding hydrogens is 280 g/mol. The van der Waals surface area contributed by atoms with Crippen molar-refractivity contribution < 1.29 is 17.9 Å². The maximum absolute atomic E-state index is 12.2. The van der Waals surface area contributed by atoms with E-state index in [1.54, 1.807) is 24.3 Å². The average Bonchev–Trinajstić information content (AvgIpc) is 2.40. The normalized spacial score (nSPS) is 11.6. The Balaban J connectivity index is 2.94. The summed E-state index contributed by atoms with van der Waals surface area (Å²) in [4.78, 5) is 11.2. The van der Waals surface area contributed by atoms with Gasteiger partial charge in [-0.2, -0.15) is 4.31 Å². The highest BCUT2D eigenvalue weighted by molar-refractivity contribution is 7.89. The van der Waals surface area contributed by atoms with Gasteiger partial charge >= 0.3 is 5.97 Å². The van der Waals surface area contributed by atoms with Crippen LogP contribution in [0.2, 0.25) is 0 Å². The van der Waals surface area contributed by atoms with Gasteiger partial charge < -0.3 is 10.5 Å². The van der Waals surface area contributed by atoms with Gasteiger partial charge in [0.1, 0.15) is 0 Å². The van der Waals surface area contributed by atoms with Gasteiger partial charge in [0.25, 0.3) is 0 Å². The van der Waals surface area contributed by atoms with Crippen LogP contribution in [0.5, 0.6) is 0 Å². The standard InChI is InChI=1S/C13H20N2O4S/c1-3-8-15(20(17,18)10-13(16)19-2)9-11-6-4-5-7-12(11)14/h4-7H,3,8-10,14H2,1-2H3. The third-order valence-corrected chi connectivity index (χ3v) is 4.50. The van der Waals surface area contributed by atoms with Crippen molar-refractivity contribution in [2.24, 2.45) is 0 Å². The molecule has 0 heterocycles. The van der Waals surface area contributed by atoms with Crippen molar-refractivity contribution in [2.45, 2.75) is 19.9 Å². The van der Waals surface area contributed by atoms with Crippen LogP contribution < -0.4 is 5.73 Å². The summed E-state index contributed by atoms with van der Waals surface area (Å²) in [5.41, 5.74) is 7.07. The van der Waals surface area contributed by atoms with E-state index in [2.05, 4.69) is 4.74 Å². The van der Waals surface area contributed by atoms with Crippen LogP contribution in [0.4, 0.5) is 5.69 Å². The van der Waals surface area contributed by atoms with Crippen LogP contribution in [0, 0.1) is 0 Å². The molecule has 0 aliphatic heterocycles. The number of nitrogen functional groups attached to an aromatic ring is 1. The number of methoxy groups -OCH3 is 1. The summed E-state index contributed by atoms with van der Waals surface area (Å²) >= 11 is 0. The van der Waals surface area contributed by atoms with E-state index in [1.807, 2.05) is 6.92 Å². The number of nitrogens with zero attached hydrogens (tertiary/aromatic N) is 1. The predicted molar refractivity (Wildman–Crippen MR) is 77.4 cm³/mol. The Bertz CT molecular complexity index is 557. The molecule has 0 fully saturated rings. The first-order valence-electron chi connectivity index (χ1n) is 6.28. The van der Waals surface area contributed by atoms with Gasteiger partial charge in [0.05, 0.1) is 7.11 Å². The van der Waals surface area contributed by atoms with Crippen LogP contribution in [0.25, 0.3) is 0 Å². The van der Waals surface area contributed by atoms with E-state index < -0.39 is 21.7 Å². The molecule has 0 saturated heterocycles. The largest absolute Gasteiger partial charge is 0.468 e. The smallest absolute Gasteiger partial charge is 0.322 e. The Morgan fingerprint density at radius 2 is 2.00 bits per heavy atom. The lowest BCUT2D eigenvalue weighted by atomic mass is 10.2. The van der Waals surface area contributed by atoms with Gasteiger partial charge in [0, 0.05) is 18.8 Å². The molecule has 7 heteroatoms. The Hall–Kier alpha value is -1.60. The number of sulfonamides is 1. The number of para-hydroxylation sites is 1. The second-order valence-electron chi connectivity index (χ2n) is 4.36. The van der Waals surface area contributed by atoms with E-state index in [0.717, 1.165) is 12.7 Å². The van der Waals surface area contributed by atoms with E-state index in [4.69, 9.17) is 5.73 Å². The fraction of sp³-hybridized carbons (Fsp3) is 0.462. The molecule has 112 valence electrons. The summed E-state index contributed by atoms with van der Waals surface area (Å²) in [5, 5.41) is 0. The zero-order chi connectivity index (χ0) is 15.2. The Morgan fingerprint density at radius 1 is 1.35 bits per heavy atom. The zero-order valence-electron chi connectivity index (χ0n) is 11.7. The average molecular weight is 300 g/mol. The van der Waals surface area contributed by atoms with E-state index in [0.29, 0.717) is 18.7 Å². The van der Waals surface area contributed by atoms with Gasteiger partial charge in [-0.3, -0.25) is 4.79 Å². The number of esters is 1. The summed E-state index contributed by atoms with van der Waals surface area (Å²) in [5.74, 6) is -1.43. The van der Waals surface area contributed by atoms with Crippen LogP contribution in [0.1, 0.15) is 18.9 Å². The summed E-state index contributed by atoms with van der Waals surface area (Å²) < 4.78 is 30.1. The summed E-state index contributed by atoms with van der Waals surface area (Å²) in [6, 6.07) is 7.06. The lowest BCUT2D eigenvalue weighted by Crippen LogP contribution is -2.36. The number of ether oxygens (including phenoxy) is 1. The second-order valence-corrected chi connectivity index (χ2v) is 6.33. The molecule has 1 rings (SSSR count). The van der Waals surface area contributed by atoms with Gasteiger partial charge in [0.2, 0.25) is 10.0 Å². The molecule has 0 bridgehead atoms. The molecule has 0 radical (unpaired) electrons. The number of nitrogens with two attached hydrogens (primary N) is 1. The van der Waals surface area contributed by atoms with E-state index >= 15 is 0 Å². The molecule has 1 aromatic rings. The van der Waals surface area contributed by atoms with Gasteiger partial charge in [-0.15, -0.1) is 0 Å². The molecule has 1 aromatic carbocycles. The first-order valence-corrected chi connectivity index (χ1v) is 7.89. The van der Waals surface area contributed by atoms with Crippen LogP contribution in [0.3, 0.4) is 0 Å². The predicted octanol–water partition coefficient (Wildman–Crippen LogP) is 0.984. The van der Waals surface area contributed by atoms with E-state index in [9.17, 15) is 13.2 Å². The fourth-order valence-electron chi connectivity index (χ4n) is 1.73. The monoisotopic (exact) mass is 300 g/mol. The summed E-state index contributed by atoms with van der Waals surface area (Å²) in [6.45, 7) is 2.35. The summed E-state index contributed by atoms with van der Waals surface area (Å²) in [7, 11) is -2.54. The first-order chi connectivity index (χ1) is 9.40. The number of rotatable bonds is 7. The number of carbonyl (C=O) groups excluding carboxylic acids is 1. The lowest BCUT2D eigenvalue weighted by molar-refractivity contribution is -0.137. The Labute approximate surface area is 119 Å². The van der Waals surface area contributed by atoms with Crippen LogP contribution in [-0.2, 0) is 26.1 Å². The highest BCUT2D eigenvalue weighted by Crippen LogP contribution is 2.16. The van der Waals surface area contributed by atoms with Crippen molar-refractivity contribution in [3.63, 3.8) is 0 Å².